The Hall–Kier alpha value is -0.380. The van der Waals surface area contributed by atoms with Crippen LogP contribution in [0.3, 0.4) is 0 Å². The molecule has 1 atom stereocenters. The lowest BCUT2D eigenvalue weighted by Crippen LogP contribution is -2.27. The highest BCUT2D eigenvalue weighted by molar-refractivity contribution is 9.10. The van der Waals surface area contributed by atoms with Crippen LogP contribution in [0, 0.1) is 0 Å². The van der Waals surface area contributed by atoms with Gasteiger partial charge in [-0.05, 0) is 36.2 Å². The molecule has 3 heteroatoms. The van der Waals surface area contributed by atoms with Crippen molar-refractivity contribution in [1.82, 2.24) is 5.32 Å². The SMILES string of the molecule is Brc1ccc2c(c1)COC21CCNC1. The van der Waals surface area contributed by atoms with E-state index in [1.807, 2.05) is 0 Å². The van der Waals surface area contributed by atoms with Gasteiger partial charge in [-0.1, -0.05) is 22.0 Å². The number of halogens is 1. The summed E-state index contributed by atoms with van der Waals surface area (Å²) in [7, 11) is 0. The van der Waals surface area contributed by atoms with Gasteiger partial charge in [0.25, 0.3) is 0 Å². The predicted molar refractivity (Wildman–Crippen MR) is 58.1 cm³/mol. The number of hydrogen-bond acceptors (Lipinski definition) is 2. The van der Waals surface area contributed by atoms with Crippen molar-refractivity contribution in [3.63, 3.8) is 0 Å². The lowest BCUT2D eigenvalue weighted by Gasteiger charge is -2.22. The number of ether oxygens (including phenoxy) is 1. The minimum absolute atomic E-state index is 0.0178. The van der Waals surface area contributed by atoms with Gasteiger partial charge in [0.2, 0.25) is 0 Å². The van der Waals surface area contributed by atoms with Gasteiger partial charge in [0, 0.05) is 11.0 Å². The quantitative estimate of drug-likeness (QED) is 0.766. The summed E-state index contributed by atoms with van der Waals surface area (Å²) >= 11 is 3.49. The van der Waals surface area contributed by atoms with Gasteiger partial charge in [-0.25, -0.2) is 0 Å². The average Bonchev–Trinajstić information content (AvgIpc) is 2.77. The topological polar surface area (TPSA) is 21.3 Å². The smallest absolute Gasteiger partial charge is 0.107 e. The van der Waals surface area contributed by atoms with Crippen LogP contribution in [0.2, 0.25) is 0 Å². The lowest BCUT2D eigenvalue weighted by atomic mass is 9.92. The van der Waals surface area contributed by atoms with Crippen molar-refractivity contribution in [2.24, 2.45) is 0 Å². The Labute approximate surface area is 91.8 Å². The molecule has 2 nitrogen and oxygen atoms in total. The van der Waals surface area contributed by atoms with Gasteiger partial charge in [0.05, 0.1) is 6.61 Å². The molecule has 14 heavy (non-hydrogen) atoms. The second kappa shape index (κ2) is 3.05. The van der Waals surface area contributed by atoms with Crippen molar-refractivity contribution in [3.05, 3.63) is 33.8 Å². The number of fused-ring (bicyclic) bond motifs is 2. The molecule has 0 aliphatic carbocycles. The summed E-state index contributed by atoms with van der Waals surface area (Å²) in [4.78, 5) is 0. The van der Waals surface area contributed by atoms with Crippen molar-refractivity contribution >= 4 is 15.9 Å². The maximum atomic E-state index is 5.94. The molecule has 0 aromatic heterocycles. The Morgan fingerprint density at radius 2 is 2.36 bits per heavy atom. The molecule has 0 amide bonds. The predicted octanol–water partition coefficient (Wildman–Crippen LogP) is 2.17. The van der Waals surface area contributed by atoms with Crippen molar-refractivity contribution in [2.45, 2.75) is 18.6 Å². The first kappa shape index (κ1) is 8.89. The van der Waals surface area contributed by atoms with Crippen LogP contribution in [0.4, 0.5) is 0 Å². The fraction of sp³-hybridized carbons (Fsp3) is 0.455. The number of hydrogen-bond donors (Lipinski definition) is 1. The zero-order chi connectivity index (χ0) is 9.60. The Morgan fingerprint density at radius 1 is 1.43 bits per heavy atom. The standard InChI is InChI=1S/C11H12BrNO/c12-9-1-2-10-8(5-9)6-14-11(10)3-4-13-7-11/h1-2,5,13H,3-4,6-7H2. The largest absolute Gasteiger partial charge is 0.364 e. The molecule has 1 aromatic carbocycles. The van der Waals surface area contributed by atoms with E-state index in [4.69, 9.17) is 4.74 Å². The van der Waals surface area contributed by atoms with Crippen LogP contribution in [-0.2, 0) is 16.9 Å². The third-order valence-corrected chi connectivity index (χ3v) is 3.67. The minimum atomic E-state index is -0.0178. The number of rotatable bonds is 0. The third-order valence-electron chi connectivity index (χ3n) is 3.18. The fourth-order valence-corrected chi connectivity index (χ4v) is 2.85. The lowest BCUT2D eigenvalue weighted by molar-refractivity contribution is -0.0218. The minimum Gasteiger partial charge on any atom is -0.364 e. The van der Waals surface area contributed by atoms with Gasteiger partial charge < -0.3 is 10.1 Å². The molecular weight excluding hydrogens is 242 g/mol. The highest BCUT2D eigenvalue weighted by Gasteiger charge is 2.42. The summed E-state index contributed by atoms with van der Waals surface area (Å²) in [5, 5.41) is 3.37. The van der Waals surface area contributed by atoms with Crippen molar-refractivity contribution in [3.8, 4) is 0 Å². The van der Waals surface area contributed by atoms with E-state index in [2.05, 4.69) is 39.4 Å². The highest BCUT2D eigenvalue weighted by Crippen LogP contribution is 2.41. The van der Waals surface area contributed by atoms with E-state index in [0.717, 1.165) is 30.6 Å². The molecule has 74 valence electrons. The zero-order valence-electron chi connectivity index (χ0n) is 7.85. The molecule has 1 unspecified atom stereocenters. The van der Waals surface area contributed by atoms with Crippen molar-refractivity contribution in [2.75, 3.05) is 13.1 Å². The van der Waals surface area contributed by atoms with Crippen LogP contribution in [0.1, 0.15) is 17.5 Å². The molecule has 0 saturated carbocycles. The molecule has 2 aliphatic rings. The van der Waals surface area contributed by atoms with Gasteiger partial charge in [-0.3, -0.25) is 0 Å². The molecule has 1 saturated heterocycles. The molecule has 1 spiro atoms. The van der Waals surface area contributed by atoms with Crippen molar-refractivity contribution in [1.29, 1.82) is 0 Å². The summed E-state index contributed by atoms with van der Waals surface area (Å²) < 4.78 is 7.09. The Bertz CT molecular complexity index is 372. The summed E-state index contributed by atoms with van der Waals surface area (Å²) in [5.74, 6) is 0. The molecular formula is C11H12BrNO. The van der Waals surface area contributed by atoms with Crippen molar-refractivity contribution < 1.29 is 4.74 Å². The van der Waals surface area contributed by atoms with Crippen LogP contribution < -0.4 is 5.32 Å². The van der Waals surface area contributed by atoms with Gasteiger partial charge in [-0.15, -0.1) is 0 Å². The van der Waals surface area contributed by atoms with E-state index in [0.29, 0.717) is 0 Å². The van der Waals surface area contributed by atoms with E-state index in [1.54, 1.807) is 0 Å². The normalized spacial score (nSPS) is 29.8. The van der Waals surface area contributed by atoms with Crippen LogP contribution in [-0.4, -0.2) is 13.1 Å². The molecule has 2 aliphatic heterocycles. The van der Waals surface area contributed by atoms with E-state index >= 15 is 0 Å². The molecule has 3 rings (SSSR count). The first-order valence-electron chi connectivity index (χ1n) is 4.94. The molecule has 0 radical (unpaired) electrons. The highest BCUT2D eigenvalue weighted by atomic mass is 79.9. The molecule has 1 aromatic rings. The molecule has 1 fully saturated rings. The number of nitrogens with one attached hydrogen (secondary N) is 1. The second-order valence-corrected chi connectivity index (χ2v) is 4.93. The Balaban J connectivity index is 2.09. The average molecular weight is 254 g/mol. The summed E-state index contributed by atoms with van der Waals surface area (Å²) in [6.45, 7) is 2.79. The van der Waals surface area contributed by atoms with Crippen LogP contribution in [0.5, 0.6) is 0 Å². The van der Waals surface area contributed by atoms with Crippen LogP contribution in [0.25, 0.3) is 0 Å². The van der Waals surface area contributed by atoms with Gasteiger partial charge in [0.1, 0.15) is 5.60 Å². The Kier molecular flexibility index (Phi) is 1.94. The maximum Gasteiger partial charge on any atom is 0.107 e. The van der Waals surface area contributed by atoms with Crippen LogP contribution >= 0.6 is 15.9 Å². The second-order valence-electron chi connectivity index (χ2n) is 4.01. The zero-order valence-corrected chi connectivity index (χ0v) is 9.43. The summed E-state index contributed by atoms with van der Waals surface area (Å²) in [6.07, 6.45) is 1.10. The maximum absolute atomic E-state index is 5.94. The van der Waals surface area contributed by atoms with Gasteiger partial charge in [-0.2, -0.15) is 0 Å². The van der Waals surface area contributed by atoms with Gasteiger partial charge in [0.15, 0.2) is 0 Å². The third kappa shape index (κ3) is 1.16. The summed E-state index contributed by atoms with van der Waals surface area (Å²) in [6, 6.07) is 6.47. The monoisotopic (exact) mass is 253 g/mol. The van der Waals surface area contributed by atoms with Crippen LogP contribution in [0.15, 0.2) is 22.7 Å². The van der Waals surface area contributed by atoms with E-state index in [-0.39, 0.29) is 5.60 Å². The number of benzene rings is 1. The first-order valence-corrected chi connectivity index (χ1v) is 5.73. The Morgan fingerprint density at radius 3 is 3.14 bits per heavy atom. The molecule has 0 bridgehead atoms. The van der Waals surface area contributed by atoms with E-state index < -0.39 is 0 Å². The molecule has 1 N–H and O–H groups in total. The molecule has 2 heterocycles. The van der Waals surface area contributed by atoms with E-state index in [1.165, 1.54) is 11.1 Å². The van der Waals surface area contributed by atoms with Gasteiger partial charge >= 0.3 is 0 Å². The fourth-order valence-electron chi connectivity index (χ4n) is 2.44. The van der Waals surface area contributed by atoms with E-state index in [9.17, 15) is 0 Å². The first-order chi connectivity index (χ1) is 6.80. The summed E-state index contributed by atoms with van der Waals surface area (Å²) in [5.41, 5.74) is 2.70.